The lowest BCUT2D eigenvalue weighted by molar-refractivity contribution is -0.135. The van der Waals surface area contributed by atoms with Crippen LogP contribution >= 0.6 is 0 Å². The number of aryl methyl sites for hydroxylation is 1. The molecule has 4 bridgehead atoms. The van der Waals surface area contributed by atoms with Crippen LogP contribution in [0.25, 0.3) is 0 Å². The first-order valence-corrected chi connectivity index (χ1v) is 9.11. The van der Waals surface area contributed by atoms with E-state index in [1.807, 2.05) is 11.9 Å². The third-order valence-electron chi connectivity index (χ3n) is 6.38. The van der Waals surface area contributed by atoms with Crippen LogP contribution in [0.4, 0.5) is 0 Å². The van der Waals surface area contributed by atoms with Gasteiger partial charge in [0, 0.05) is 38.6 Å². The Morgan fingerprint density at radius 3 is 2.39 bits per heavy atom. The molecule has 0 radical (unpaired) electrons. The van der Waals surface area contributed by atoms with Gasteiger partial charge < -0.3 is 4.90 Å². The Balaban J connectivity index is 1.34. The minimum absolute atomic E-state index is 0.256. The predicted octanol–water partition coefficient (Wildman–Crippen LogP) is 3.08. The third kappa shape index (κ3) is 3.13. The smallest absolute Gasteiger partial charge is 0.222 e. The Kier molecular flexibility index (Phi) is 3.86. The molecule has 0 N–H and O–H groups in total. The second kappa shape index (κ2) is 5.88. The number of carbonyl (C=O) groups excluding carboxylic acids is 1. The largest absolute Gasteiger partial charge is 0.345 e. The van der Waals surface area contributed by atoms with Gasteiger partial charge >= 0.3 is 0 Å². The van der Waals surface area contributed by atoms with Crippen LogP contribution in [0.15, 0.2) is 18.6 Å². The highest BCUT2D eigenvalue weighted by Gasteiger charge is 2.51. The van der Waals surface area contributed by atoms with Crippen molar-refractivity contribution in [2.45, 2.75) is 51.4 Å². The lowest BCUT2D eigenvalue weighted by Gasteiger charge is -2.57. The van der Waals surface area contributed by atoms with Crippen LogP contribution in [0.2, 0.25) is 0 Å². The fourth-order valence-corrected chi connectivity index (χ4v) is 5.96. The molecular weight excluding hydrogens is 286 g/mol. The number of hydrogen-bond donors (Lipinski definition) is 0. The zero-order valence-electron chi connectivity index (χ0n) is 14.1. The Morgan fingerprint density at radius 2 is 1.83 bits per heavy atom. The highest BCUT2D eigenvalue weighted by molar-refractivity contribution is 5.76. The first-order valence-electron chi connectivity index (χ1n) is 9.11. The van der Waals surface area contributed by atoms with E-state index in [0.717, 1.165) is 30.0 Å². The molecule has 0 unspecified atom stereocenters. The van der Waals surface area contributed by atoms with E-state index in [-0.39, 0.29) is 5.91 Å². The molecule has 4 heteroatoms. The van der Waals surface area contributed by atoms with Gasteiger partial charge in [0.05, 0.1) is 5.69 Å². The second-order valence-corrected chi connectivity index (χ2v) is 8.36. The highest BCUT2D eigenvalue weighted by atomic mass is 16.2. The lowest BCUT2D eigenvalue weighted by atomic mass is 9.49. The van der Waals surface area contributed by atoms with E-state index in [4.69, 9.17) is 0 Å². The Morgan fingerprint density at radius 1 is 1.17 bits per heavy atom. The van der Waals surface area contributed by atoms with Crippen LogP contribution in [0, 0.1) is 23.2 Å². The van der Waals surface area contributed by atoms with Gasteiger partial charge in [0.15, 0.2) is 0 Å². The molecule has 4 saturated carbocycles. The Labute approximate surface area is 138 Å². The normalized spacial score (nSPS) is 34.6. The van der Waals surface area contributed by atoms with Crippen molar-refractivity contribution in [3.05, 3.63) is 24.3 Å². The fraction of sp³-hybridized carbons (Fsp3) is 0.737. The predicted molar refractivity (Wildman–Crippen MR) is 88.6 cm³/mol. The maximum absolute atomic E-state index is 12.5. The molecule has 0 spiro atoms. The maximum Gasteiger partial charge on any atom is 0.222 e. The zero-order chi connectivity index (χ0) is 15.9. The van der Waals surface area contributed by atoms with E-state index in [1.165, 1.54) is 38.5 Å². The van der Waals surface area contributed by atoms with Gasteiger partial charge in [-0.15, -0.1) is 0 Å². The van der Waals surface area contributed by atoms with E-state index in [0.29, 0.717) is 18.3 Å². The van der Waals surface area contributed by atoms with Crippen LogP contribution < -0.4 is 0 Å². The van der Waals surface area contributed by atoms with Gasteiger partial charge in [0.2, 0.25) is 5.91 Å². The van der Waals surface area contributed by atoms with Crippen molar-refractivity contribution in [1.82, 2.24) is 14.9 Å². The summed E-state index contributed by atoms with van der Waals surface area (Å²) in [6.45, 7) is 0.968. The molecule has 124 valence electrons. The molecule has 1 amide bonds. The molecule has 0 atom stereocenters. The minimum atomic E-state index is 0.256. The summed E-state index contributed by atoms with van der Waals surface area (Å²) in [5.74, 6) is 3.10. The highest BCUT2D eigenvalue weighted by Crippen LogP contribution is 2.60. The van der Waals surface area contributed by atoms with Gasteiger partial charge in [0.1, 0.15) is 0 Å². The fourth-order valence-electron chi connectivity index (χ4n) is 5.96. The van der Waals surface area contributed by atoms with Crippen LogP contribution in [-0.4, -0.2) is 34.4 Å². The SMILES string of the molecule is CN(CC12CC3CC(CC(C3)C1)C2)C(=O)CCc1cnccn1. The van der Waals surface area contributed by atoms with Crippen LogP contribution in [0.1, 0.15) is 50.6 Å². The summed E-state index contributed by atoms with van der Waals surface area (Å²) in [6.07, 6.45) is 14.8. The van der Waals surface area contributed by atoms with Crippen molar-refractivity contribution in [1.29, 1.82) is 0 Å². The number of aromatic nitrogens is 2. The minimum Gasteiger partial charge on any atom is -0.345 e. The summed E-state index contributed by atoms with van der Waals surface area (Å²) < 4.78 is 0. The molecule has 4 aliphatic carbocycles. The topological polar surface area (TPSA) is 46.1 Å². The molecule has 4 nitrogen and oxygen atoms in total. The van der Waals surface area contributed by atoms with Gasteiger partial charge in [-0.1, -0.05) is 0 Å². The molecule has 1 aromatic heterocycles. The van der Waals surface area contributed by atoms with E-state index in [2.05, 4.69) is 9.97 Å². The molecule has 23 heavy (non-hydrogen) atoms. The summed E-state index contributed by atoms with van der Waals surface area (Å²) in [7, 11) is 2.00. The lowest BCUT2D eigenvalue weighted by Crippen LogP contribution is -2.51. The average Bonchev–Trinajstić information content (AvgIpc) is 2.51. The number of hydrogen-bond acceptors (Lipinski definition) is 3. The number of rotatable bonds is 5. The zero-order valence-corrected chi connectivity index (χ0v) is 14.1. The van der Waals surface area contributed by atoms with Crippen LogP contribution in [-0.2, 0) is 11.2 Å². The van der Waals surface area contributed by atoms with Crippen LogP contribution in [0.5, 0.6) is 0 Å². The van der Waals surface area contributed by atoms with E-state index in [1.54, 1.807) is 18.6 Å². The molecule has 1 aromatic rings. The Bertz CT molecular complexity index is 536. The van der Waals surface area contributed by atoms with Crippen molar-refractivity contribution >= 4 is 5.91 Å². The first kappa shape index (κ1) is 15.1. The first-order chi connectivity index (χ1) is 11.1. The average molecular weight is 313 g/mol. The summed E-state index contributed by atoms with van der Waals surface area (Å²) in [5.41, 5.74) is 1.34. The molecule has 4 aliphatic rings. The quantitative estimate of drug-likeness (QED) is 0.839. The van der Waals surface area contributed by atoms with Crippen molar-refractivity contribution in [2.24, 2.45) is 23.2 Å². The van der Waals surface area contributed by atoms with Gasteiger partial charge in [-0.05, 0) is 68.1 Å². The van der Waals surface area contributed by atoms with Crippen molar-refractivity contribution in [2.75, 3.05) is 13.6 Å². The summed E-state index contributed by atoms with van der Waals surface area (Å²) >= 11 is 0. The van der Waals surface area contributed by atoms with Gasteiger partial charge in [-0.2, -0.15) is 0 Å². The molecule has 1 heterocycles. The van der Waals surface area contributed by atoms with Crippen molar-refractivity contribution in [3.8, 4) is 0 Å². The van der Waals surface area contributed by atoms with Gasteiger partial charge in [0.25, 0.3) is 0 Å². The summed E-state index contributed by atoms with van der Waals surface area (Å²) in [4.78, 5) is 22.8. The summed E-state index contributed by atoms with van der Waals surface area (Å²) in [6, 6.07) is 0. The standard InChI is InChI=1S/C19H27N3O/c1-22(18(23)3-2-17-12-20-4-5-21-17)13-19-9-14-6-15(10-19)8-16(7-14)11-19/h4-5,12,14-16H,2-3,6-11,13H2,1H3. The second-order valence-electron chi connectivity index (χ2n) is 8.36. The van der Waals surface area contributed by atoms with E-state index >= 15 is 0 Å². The molecule has 0 saturated heterocycles. The van der Waals surface area contributed by atoms with Crippen molar-refractivity contribution in [3.63, 3.8) is 0 Å². The number of amides is 1. The maximum atomic E-state index is 12.5. The number of nitrogens with zero attached hydrogens (tertiary/aromatic N) is 3. The van der Waals surface area contributed by atoms with Gasteiger partial charge in [-0.3, -0.25) is 14.8 Å². The van der Waals surface area contributed by atoms with E-state index in [9.17, 15) is 4.79 Å². The van der Waals surface area contributed by atoms with Gasteiger partial charge in [-0.25, -0.2) is 0 Å². The molecule has 5 rings (SSSR count). The third-order valence-corrected chi connectivity index (χ3v) is 6.38. The monoisotopic (exact) mass is 313 g/mol. The molecule has 4 fully saturated rings. The van der Waals surface area contributed by atoms with Crippen LogP contribution in [0.3, 0.4) is 0 Å². The summed E-state index contributed by atoms with van der Waals surface area (Å²) in [5, 5.41) is 0. The van der Waals surface area contributed by atoms with Crippen molar-refractivity contribution < 1.29 is 4.79 Å². The van der Waals surface area contributed by atoms with E-state index < -0.39 is 0 Å². The Hall–Kier alpha value is -1.45. The number of carbonyl (C=O) groups is 1. The molecule has 0 aliphatic heterocycles. The molecule has 0 aromatic carbocycles. The molecular formula is C19H27N3O.